The SMILES string of the molecule is COCC(C)CNC(=O)c1cc(N)nc2ccccc12. The lowest BCUT2D eigenvalue weighted by Gasteiger charge is -2.12. The molecular weight excluding hydrogens is 254 g/mol. The molecule has 1 amide bonds. The van der Waals surface area contributed by atoms with Crippen molar-refractivity contribution in [3.8, 4) is 0 Å². The Hall–Kier alpha value is -2.14. The summed E-state index contributed by atoms with van der Waals surface area (Å²) in [5, 5.41) is 3.70. The highest BCUT2D eigenvalue weighted by Gasteiger charge is 2.12. The molecule has 5 nitrogen and oxygen atoms in total. The van der Waals surface area contributed by atoms with Crippen LogP contribution in [0.2, 0.25) is 0 Å². The average Bonchev–Trinajstić information content (AvgIpc) is 2.44. The fourth-order valence-corrected chi connectivity index (χ4v) is 2.09. The lowest BCUT2D eigenvalue weighted by Crippen LogP contribution is -2.30. The maximum atomic E-state index is 12.3. The number of amides is 1. The van der Waals surface area contributed by atoms with Crippen molar-refractivity contribution >= 4 is 22.6 Å². The third-order valence-corrected chi connectivity index (χ3v) is 3.04. The number of methoxy groups -OCH3 is 1. The first kappa shape index (κ1) is 14.3. The van der Waals surface area contributed by atoms with Gasteiger partial charge >= 0.3 is 0 Å². The number of rotatable bonds is 5. The topological polar surface area (TPSA) is 77.2 Å². The number of pyridine rings is 1. The predicted octanol–water partition coefficient (Wildman–Crippen LogP) is 1.83. The molecule has 0 spiro atoms. The Morgan fingerprint density at radius 2 is 2.20 bits per heavy atom. The molecule has 1 unspecified atom stereocenters. The van der Waals surface area contributed by atoms with Gasteiger partial charge in [0.1, 0.15) is 5.82 Å². The van der Waals surface area contributed by atoms with Crippen molar-refractivity contribution in [2.24, 2.45) is 5.92 Å². The third-order valence-electron chi connectivity index (χ3n) is 3.04. The van der Waals surface area contributed by atoms with Crippen LogP contribution in [0, 0.1) is 5.92 Å². The number of aromatic nitrogens is 1. The first-order valence-electron chi connectivity index (χ1n) is 6.54. The molecule has 0 radical (unpaired) electrons. The maximum Gasteiger partial charge on any atom is 0.252 e. The molecular formula is C15H19N3O2. The van der Waals surface area contributed by atoms with Crippen molar-refractivity contribution in [1.29, 1.82) is 0 Å². The summed E-state index contributed by atoms with van der Waals surface area (Å²) in [6, 6.07) is 9.07. The van der Waals surface area contributed by atoms with Crippen LogP contribution in [0.25, 0.3) is 10.9 Å². The lowest BCUT2D eigenvalue weighted by molar-refractivity contribution is 0.0935. The number of nitrogens with one attached hydrogen (secondary N) is 1. The fraction of sp³-hybridized carbons (Fsp3) is 0.333. The van der Waals surface area contributed by atoms with Crippen LogP contribution in [0.5, 0.6) is 0 Å². The van der Waals surface area contributed by atoms with Crippen molar-refractivity contribution in [3.05, 3.63) is 35.9 Å². The first-order chi connectivity index (χ1) is 9.61. The van der Waals surface area contributed by atoms with Crippen molar-refractivity contribution in [2.75, 3.05) is 26.0 Å². The van der Waals surface area contributed by atoms with E-state index in [-0.39, 0.29) is 11.8 Å². The molecule has 0 fully saturated rings. The number of nitrogens with zero attached hydrogens (tertiary/aromatic N) is 1. The molecule has 2 aromatic rings. The van der Waals surface area contributed by atoms with Gasteiger partial charge in [0, 0.05) is 19.0 Å². The fourth-order valence-electron chi connectivity index (χ4n) is 2.09. The smallest absolute Gasteiger partial charge is 0.252 e. The number of fused-ring (bicyclic) bond motifs is 1. The van der Waals surface area contributed by atoms with E-state index in [1.807, 2.05) is 31.2 Å². The number of nitrogen functional groups attached to an aromatic ring is 1. The Bertz CT molecular complexity index is 613. The molecule has 0 saturated carbocycles. The van der Waals surface area contributed by atoms with Gasteiger partial charge in [-0.3, -0.25) is 4.79 Å². The zero-order chi connectivity index (χ0) is 14.5. The molecule has 1 aromatic heterocycles. The quantitative estimate of drug-likeness (QED) is 0.871. The Kier molecular flexibility index (Phi) is 4.53. The molecule has 1 heterocycles. The van der Waals surface area contributed by atoms with Gasteiger partial charge in [0.25, 0.3) is 5.91 Å². The van der Waals surface area contributed by atoms with E-state index < -0.39 is 0 Å². The molecule has 1 atom stereocenters. The molecule has 0 saturated heterocycles. The van der Waals surface area contributed by atoms with E-state index >= 15 is 0 Å². The molecule has 20 heavy (non-hydrogen) atoms. The molecule has 2 rings (SSSR count). The van der Waals surface area contributed by atoms with Gasteiger partial charge in [-0.1, -0.05) is 25.1 Å². The Morgan fingerprint density at radius 1 is 1.45 bits per heavy atom. The van der Waals surface area contributed by atoms with Gasteiger partial charge in [-0.15, -0.1) is 0 Å². The second-order valence-corrected chi connectivity index (χ2v) is 4.88. The van der Waals surface area contributed by atoms with Gasteiger partial charge in [-0.2, -0.15) is 0 Å². The van der Waals surface area contributed by atoms with Gasteiger partial charge in [0.15, 0.2) is 0 Å². The summed E-state index contributed by atoms with van der Waals surface area (Å²) in [6.45, 7) is 3.19. The van der Waals surface area contributed by atoms with E-state index in [4.69, 9.17) is 10.5 Å². The summed E-state index contributed by atoms with van der Waals surface area (Å²) in [6.07, 6.45) is 0. The monoisotopic (exact) mass is 273 g/mol. The molecule has 0 aliphatic rings. The van der Waals surface area contributed by atoms with Gasteiger partial charge in [0.05, 0.1) is 17.7 Å². The Balaban J connectivity index is 2.21. The van der Waals surface area contributed by atoms with Crippen LogP contribution in [0.15, 0.2) is 30.3 Å². The Labute approximate surface area is 118 Å². The van der Waals surface area contributed by atoms with Crippen LogP contribution >= 0.6 is 0 Å². The van der Waals surface area contributed by atoms with Crippen molar-refractivity contribution < 1.29 is 9.53 Å². The van der Waals surface area contributed by atoms with Crippen molar-refractivity contribution in [2.45, 2.75) is 6.92 Å². The van der Waals surface area contributed by atoms with E-state index in [2.05, 4.69) is 10.3 Å². The van der Waals surface area contributed by atoms with Gasteiger partial charge in [-0.05, 0) is 18.1 Å². The van der Waals surface area contributed by atoms with Gasteiger partial charge in [0.2, 0.25) is 0 Å². The highest BCUT2D eigenvalue weighted by Crippen LogP contribution is 2.19. The van der Waals surface area contributed by atoms with Crippen LogP contribution in [-0.4, -0.2) is 31.2 Å². The minimum Gasteiger partial charge on any atom is -0.384 e. The number of para-hydroxylation sites is 1. The number of nitrogens with two attached hydrogens (primary N) is 1. The molecule has 1 aromatic carbocycles. The number of hydrogen-bond donors (Lipinski definition) is 2. The second kappa shape index (κ2) is 6.34. The molecule has 3 N–H and O–H groups in total. The number of carbonyl (C=O) groups is 1. The van der Waals surface area contributed by atoms with Crippen LogP contribution < -0.4 is 11.1 Å². The van der Waals surface area contributed by atoms with E-state index in [0.717, 1.165) is 10.9 Å². The lowest BCUT2D eigenvalue weighted by atomic mass is 10.1. The largest absolute Gasteiger partial charge is 0.384 e. The van der Waals surface area contributed by atoms with E-state index in [0.29, 0.717) is 24.5 Å². The van der Waals surface area contributed by atoms with Gasteiger partial charge in [-0.25, -0.2) is 4.98 Å². The minimum absolute atomic E-state index is 0.141. The average molecular weight is 273 g/mol. The number of anilines is 1. The van der Waals surface area contributed by atoms with Crippen LogP contribution in [0.3, 0.4) is 0 Å². The van der Waals surface area contributed by atoms with E-state index in [1.165, 1.54) is 0 Å². The molecule has 0 bridgehead atoms. The normalized spacial score (nSPS) is 12.3. The van der Waals surface area contributed by atoms with Crippen molar-refractivity contribution in [1.82, 2.24) is 10.3 Å². The highest BCUT2D eigenvalue weighted by molar-refractivity contribution is 6.06. The minimum atomic E-state index is -0.141. The number of hydrogen-bond acceptors (Lipinski definition) is 4. The van der Waals surface area contributed by atoms with E-state index in [9.17, 15) is 4.79 Å². The van der Waals surface area contributed by atoms with E-state index in [1.54, 1.807) is 13.2 Å². The summed E-state index contributed by atoms with van der Waals surface area (Å²) < 4.78 is 5.05. The summed E-state index contributed by atoms with van der Waals surface area (Å²) in [7, 11) is 1.65. The number of carbonyl (C=O) groups excluding carboxylic acids is 1. The first-order valence-corrected chi connectivity index (χ1v) is 6.54. The van der Waals surface area contributed by atoms with Crippen LogP contribution in [0.1, 0.15) is 17.3 Å². The standard InChI is InChI=1S/C15H19N3O2/c1-10(9-20-2)8-17-15(19)12-7-14(16)18-13-6-4-3-5-11(12)13/h3-7,10H,8-9H2,1-2H3,(H2,16,18)(H,17,19). The van der Waals surface area contributed by atoms with Gasteiger partial charge < -0.3 is 15.8 Å². The highest BCUT2D eigenvalue weighted by atomic mass is 16.5. The molecule has 106 valence electrons. The summed E-state index contributed by atoms with van der Waals surface area (Å²) in [4.78, 5) is 16.5. The van der Waals surface area contributed by atoms with Crippen LogP contribution in [-0.2, 0) is 4.74 Å². The maximum absolute atomic E-state index is 12.3. The summed E-state index contributed by atoms with van der Waals surface area (Å²) >= 11 is 0. The second-order valence-electron chi connectivity index (χ2n) is 4.88. The summed E-state index contributed by atoms with van der Waals surface area (Å²) in [5.41, 5.74) is 7.03. The molecule has 0 aliphatic carbocycles. The molecule has 5 heteroatoms. The number of ether oxygens (including phenoxy) is 1. The van der Waals surface area contributed by atoms with Crippen molar-refractivity contribution in [3.63, 3.8) is 0 Å². The number of benzene rings is 1. The summed E-state index contributed by atoms with van der Waals surface area (Å²) in [5.74, 6) is 0.464. The molecule has 0 aliphatic heterocycles. The van der Waals surface area contributed by atoms with Crippen LogP contribution in [0.4, 0.5) is 5.82 Å². The Morgan fingerprint density at radius 3 is 2.95 bits per heavy atom. The zero-order valence-electron chi connectivity index (χ0n) is 11.7. The zero-order valence-corrected chi connectivity index (χ0v) is 11.7. The predicted molar refractivity (Wildman–Crippen MR) is 79.5 cm³/mol. The third kappa shape index (κ3) is 3.24.